The van der Waals surface area contributed by atoms with Crippen molar-refractivity contribution in [3.8, 4) is 0 Å². The van der Waals surface area contributed by atoms with E-state index >= 15 is 0 Å². The fourth-order valence-corrected chi connectivity index (χ4v) is 5.46. The molecule has 1 aliphatic rings. The predicted molar refractivity (Wildman–Crippen MR) is 137 cm³/mol. The third kappa shape index (κ3) is 11.0. The van der Waals surface area contributed by atoms with Gasteiger partial charge in [0.1, 0.15) is 29.6 Å². The van der Waals surface area contributed by atoms with Gasteiger partial charge in [0.25, 0.3) is 5.91 Å². The average Bonchev–Trinajstić information content (AvgIpc) is 3.27. The monoisotopic (exact) mass is 549 g/mol. The highest BCUT2D eigenvalue weighted by atomic mass is 31.2. The van der Waals surface area contributed by atoms with Crippen LogP contribution in [0.3, 0.4) is 0 Å². The van der Waals surface area contributed by atoms with E-state index in [9.17, 15) is 33.7 Å². The highest BCUT2D eigenvalue weighted by molar-refractivity contribution is 7.53. The number of alkyl carbamates (subject to hydrolysis) is 1. The molecule has 1 fully saturated rings. The summed E-state index contributed by atoms with van der Waals surface area (Å²) in [5.41, 5.74) is -0.772. The predicted octanol–water partition coefficient (Wildman–Crippen LogP) is 3.37. The number of nitrogens with one attached hydrogen (secondary N) is 2. The molecule has 0 bridgehead atoms. The summed E-state index contributed by atoms with van der Waals surface area (Å²) in [4.78, 5) is 61.6. The third-order valence-corrected chi connectivity index (χ3v) is 7.66. The van der Waals surface area contributed by atoms with Gasteiger partial charge < -0.3 is 30.3 Å². The summed E-state index contributed by atoms with van der Waals surface area (Å²) in [6.45, 7) is 10.4. The maximum Gasteiger partial charge on any atom is 0.408 e. The number of hydrogen-bond acceptors (Lipinski definition) is 7. The van der Waals surface area contributed by atoms with Crippen molar-refractivity contribution in [1.29, 1.82) is 0 Å². The number of carboxylic acid groups (broad SMARTS) is 1. The van der Waals surface area contributed by atoms with Crippen LogP contribution in [0.5, 0.6) is 0 Å². The fourth-order valence-electron chi connectivity index (χ4n) is 3.97. The van der Waals surface area contributed by atoms with E-state index in [0.717, 1.165) is 11.3 Å². The summed E-state index contributed by atoms with van der Waals surface area (Å²) < 4.78 is 23.8. The molecule has 0 aromatic carbocycles. The van der Waals surface area contributed by atoms with Crippen LogP contribution in [0.25, 0.3) is 0 Å². The molecule has 4 N–H and O–H groups in total. The Balaban J connectivity index is 3.01. The molecule has 214 valence electrons. The minimum Gasteiger partial charge on any atom is -0.480 e. The number of rotatable bonds is 14. The van der Waals surface area contributed by atoms with Crippen LogP contribution in [0, 0.1) is 0 Å². The fraction of sp³-hybridized carbons (Fsp3) is 0.833. The van der Waals surface area contributed by atoms with E-state index < -0.39 is 61.0 Å². The lowest BCUT2D eigenvalue weighted by molar-refractivity contribution is -0.151. The number of nitrogens with zero attached hydrogens (tertiary/aromatic N) is 1. The Bertz CT molecular complexity index is 846. The number of ether oxygens (including phenoxy) is 1. The van der Waals surface area contributed by atoms with E-state index in [0.29, 0.717) is 38.5 Å². The van der Waals surface area contributed by atoms with Gasteiger partial charge in [-0.25, -0.2) is 9.59 Å². The van der Waals surface area contributed by atoms with E-state index in [1.54, 1.807) is 20.8 Å². The zero-order chi connectivity index (χ0) is 28.4. The minimum atomic E-state index is -4.58. The van der Waals surface area contributed by atoms with Crippen LogP contribution >= 0.6 is 7.60 Å². The van der Waals surface area contributed by atoms with Crippen LogP contribution < -0.4 is 10.6 Å². The van der Waals surface area contributed by atoms with Crippen LogP contribution in [0.2, 0.25) is 0 Å². The molecule has 0 spiro atoms. The Kier molecular flexibility index (Phi) is 13.0. The molecule has 3 amide bonds. The standard InChI is InChI=1S/C24H44N3O9P/c1-7-9-12-17(25-23(32)35-24(4,5)6)20(28)26-19(14-10-8-2)37(33,34)36-16(3)21(29)27-15-11-13-18(27)22(30)31/h16-19H,7-15H2,1-6H3,(H,25,32)(H,26,28)(H,30,31)(H,33,34)/t16-,17-,18-,19?/m0/s1. The first-order valence-corrected chi connectivity index (χ1v) is 14.6. The maximum atomic E-state index is 13.3. The second-order valence-electron chi connectivity index (χ2n) is 10.3. The molecule has 2 unspecified atom stereocenters. The summed E-state index contributed by atoms with van der Waals surface area (Å²) in [6, 6.07) is -2.01. The second kappa shape index (κ2) is 14.7. The molecule has 1 saturated heterocycles. The van der Waals surface area contributed by atoms with Gasteiger partial charge in [-0.3, -0.25) is 18.7 Å². The van der Waals surface area contributed by atoms with Gasteiger partial charge in [-0.05, 0) is 53.4 Å². The molecule has 5 atom stereocenters. The number of carbonyl (C=O) groups excluding carboxylic acids is 3. The lowest BCUT2D eigenvalue weighted by atomic mass is 10.1. The van der Waals surface area contributed by atoms with Crippen molar-refractivity contribution >= 4 is 31.5 Å². The number of aliphatic carboxylic acids is 1. The summed E-state index contributed by atoms with van der Waals surface area (Å²) in [5, 5.41) is 14.4. The quantitative estimate of drug-likeness (QED) is 0.237. The number of carboxylic acids is 1. The topological polar surface area (TPSA) is 172 Å². The van der Waals surface area contributed by atoms with Gasteiger partial charge in [0.2, 0.25) is 5.91 Å². The Hall–Kier alpha value is -2.17. The number of hydrogen-bond donors (Lipinski definition) is 4. The van der Waals surface area contributed by atoms with Gasteiger partial charge in [-0.15, -0.1) is 0 Å². The summed E-state index contributed by atoms with van der Waals surface area (Å²) >= 11 is 0. The van der Waals surface area contributed by atoms with Crippen LogP contribution in [0.4, 0.5) is 4.79 Å². The molecule has 0 aromatic rings. The summed E-state index contributed by atoms with van der Waals surface area (Å²) in [6.07, 6.45) is 1.56. The molecule has 0 aliphatic carbocycles. The zero-order valence-electron chi connectivity index (χ0n) is 22.8. The van der Waals surface area contributed by atoms with E-state index in [1.165, 1.54) is 6.92 Å². The minimum absolute atomic E-state index is 0.103. The molecule has 37 heavy (non-hydrogen) atoms. The SMILES string of the molecule is CCCCC(NC(=O)[C@H](CCCC)NC(=O)OC(C)(C)C)P(=O)(O)O[C@@H](C)C(=O)N1CCC[C@H]1C(=O)O. The number of likely N-dealkylation sites (tertiary alicyclic amines) is 1. The van der Waals surface area contributed by atoms with Gasteiger partial charge in [0.05, 0.1) is 0 Å². The van der Waals surface area contributed by atoms with Crippen LogP contribution in [-0.2, 0) is 28.2 Å². The van der Waals surface area contributed by atoms with Crippen molar-refractivity contribution in [2.75, 3.05) is 6.54 Å². The number of carbonyl (C=O) groups is 4. The highest BCUT2D eigenvalue weighted by Crippen LogP contribution is 2.49. The van der Waals surface area contributed by atoms with E-state index in [4.69, 9.17) is 9.26 Å². The molecule has 0 saturated carbocycles. The van der Waals surface area contributed by atoms with E-state index in [-0.39, 0.29) is 13.0 Å². The lowest BCUT2D eigenvalue weighted by Crippen LogP contribution is -2.51. The Morgan fingerprint density at radius 3 is 2.22 bits per heavy atom. The Labute approximate surface area is 219 Å². The van der Waals surface area contributed by atoms with Crippen molar-refractivity contribution in [2.24, 2.45) is 0 Å². The van der Waals surface area contributed by atoms with Gasteiger partial charge in [-0.1, -0.05) is 39.5 Å². The van der Waals surface area contributed by atoms with Crippen molar-refractivity contribution < 1.29 is 43.0 Å². The highest BCUT2D eigenvalue weighted by Gasteiger charge is 2.41. The largest absolute Gasteiger partial charge is 0.480 e. The van der Waals surface area contributed by atoms with E-state index in [1.807, 2.05) is 13.8 Å². The maximum absolute atomic E-state index is 13.3. The number of unbranched alkanes of at least 4 members (excludes halogenated alkanes) is 2. The van der Waals surface area contributed by atoms with Gasteiger partial charge in [0, 0.05) is 6.54 Å². The molecule has 0 aromatic heterocycles. The second-order valence-corrected chi connectivity index (χ2v) is 12.3. The van der Waals surface area contributed by atoms with Crippen molar-refractivity contribution in [3.05, 3.63) is 0 Å². The van der Waals surface area contributed by atoms with Crippen molar-refractivity contribution in [2.45, 2.75) is 122 Å². The smallest absolute Gasteiger partial charge is 0.408 e. The molecule has 1 aliphatic heterocycles. The Morgan fingerprint density at radius 2 is 1.68 bits per heavy atom. The van der Waals surface area contributed by atoms with Crippen molar-refractivity contribution in [3.63, 3.8) is 0 Å². The van der Waals surface area contributed by atoms with Crippen LogP contribution in [0.15, 0.2) is 0 Å². The molecule has 1 rings (SSSR count). The molecule has 1 heterocycles. The number of amides is 3. The normalized spacial score (nSPS) is 19.9. The molecular formula is C24H44N3O9P. The molecule has 13 heteroatoms. The van der Waals surface area contributed by atoms with E-state index in [2.05, 4.69) is 10.6 Å². The lowest BCUT2D eigenvalue weighted by Gasteiger charge is -2.30. The zero-order valence-corrected chi connectivity index (χ0v) is 23.7. The van der Waals surface area contributed by atoms with Crippen LogP contribution in [0.1, 0.15) is 92.9 Å². The van der Waals surface area contributed by atoms with Gasteiger partial charge >= 0.3 is 19.7 Å². The third-order valence-electron chi connectivity index (χ3n) is 5.87. The van der Waals surface area contributed by atoms with Crippen LogP contribution in [-0.4, -0.2) is 74.9 Å². The summed E-state index contributed by atoms with van der Waals surface area (Å²) in [7, 11) is -4.58. The van der Waals surface area contributed by atoms with Crippen molar-refractivity contribution in [1.82, 2.24) is 15.5 Å². The molecule has 12 nitrogen and oxygen atoms in total. The molecule has 0 radical (unpaired) electrons. The first kappa shape index (κ1) is 32.9. The molecular weight excluding hydrogens is 505 g/mol. The Morgan fingerprint density at radius 1 is 1.08 bits per heavy atom. The first-order valence-electron chi connectivity index (χ1n) is 13.0. The average molecular weight is 550 g/mol. The van der Waals surface area contributed by atoms with Gasteiger partial charge in [-0.2, -0.15) is 0 Å². The summed E-state index contributed by atoms with van der Waals surface area (Å²) in [5.74, 6) is -3.84. The van der Waals surface area contributed by atoms with Gasteiger partial charge in [0.15, 0.2) is 0 Å². The first-order chi connectivity index (χ1) is 17.1.